The average Bonchev–Trinajstić information content (AvgIpc) is 3.55. The number of aromatic nitrogens is 5. The van der Waals surface area contributed by atoms with Crippen LogP contribution in [0.5, 0.6) is 0 Å². The van der Waals surface area contributed by atoms with E-state index in [0.717, 1.165) is 17.5 Å². The van der Waals surface area contributed by atoms with E-state index in [0.29, 0.717) is 6.54 Å². The molecule has 0 unspecified atom stereocenters. The Morgan fingerprint density at radius 3 is 1.43 bits per heavy atom. The summed E-state index contributed by atoms with van der Waals surface area (Å²) in [4.78, 5) is 31.6. The molecule has 2 rings (SSSR count). The van der Waals surface area contributed by atoms with Crippen molar-refractivity contribution in [1.29, 1.82) is 0 Å². The molecule has 0 atom stereocenters. The first-order chi connectivity index (χ1) is 24.1. The molecular formula is C40H75N7O2. The van der Waals surface area contributed by atoms with Crippen molar-refractivity contribution in [3.63, 3.8) is 0 Å². The summed E-state index contributed by atoms with van der Waals surface area (Å²) < 4.78 is 2.37. The highest BCUT2D eigenvalue weighted by molar-refractivity contribution is 5.97. The maximum Gasteiger partial charge on any atom is 0.352 e. The predicted octanol–water partition coefficient (Wildman–Crippen LogP) is 9.82. The van der Waals surface area contributed by atoms with Gasteiger partial charge in [-0.25, -0.2) is 14.2 Å². The molecule has 0 radical (unpaired) electrons. The van der Waals surface area contributed by atoms with Gasteiger partial charge in [0.05, 0.1) is 0 Å². The first-order valence-corrected chi connectivity index (χ1v) is 20.9. The molecule has 2 aromatic rings. The van der Waals surface area contributed by atoms with Gasteiger partial charge < -0.3 is 10.2 Å². The molecule has 0 spiro atoms. The maximum atomic E-state index is 12.6. The summed E-state index contributed by atoms with van der Waals surface area (Å²) in [6.07, 6.45) is 39.4. The molecule has 0 aliphatic heterocycles. The topological polar surface area (TPSA) is 97.4 Å². The van der Waals surface area contributed by atoms with Crippen LogP contribution in [0.3, 0.4) is 0 Å². The zero-order valence-electron chi connectivity index (χ0n) is 32.2. The number of fused-ring (bicyclic) bond motifs is 1. The van der Waals surface area contributed by atoms with Gasteiger partial charge in [0.15, 0.2) is 11.3 Å². The Hall–Kier alpha value is -2.29. The minimum atomic E-state index is -0.372. The second kappa shape index (κ2) is 29.4. The Labute approximate surface area is 299 Å². The summed E-state index contributed by atoms with van der Waals surface area (Å²) >= 11 is 0. The molecule has 0 fully saturated rings. The zero-order valence-corrected chi connectivity index (χ0v) is 32.2. The van der Waals surface area contributed by atoms with Gasteiger partial charge in [0.1, 0.15) is 6.33 Å². The number of nitrogens with one attached hydrogen (secondary N) is 1. The van der Waals surface area contributed by atoms with Crippen molar-refractivity contribution in [2.75, 3.05) is 26.2 Å². The highest BCUT2D eigenvalue weighted by Gasteiger charge is 2.16. The number of nitrogens with zero attached hydrogens (tertiary/aromatic N) is 6. The van der Waals surface area contributed by atoms with E-state index in [1.54, 1.807) is 0 Å². The van der Waals surface area contributed by atoms with Crippen LogP contribution in [0.2, 0.25) is 0 Å². The number of hydrogen-bond acceptors (Lipinski definition) is 6. The second-order valence-electron chi connectivity index (χ2n) is 14.6. The molecule has 1 amide bonds. The van der Waals surface area contributed by atoms with E-state index in [1.165, 1.54) is 204 Å². The minimum absolute atomic E-state index is 0.149. The van der Waals surface area contributed by atoms with Gasteiger partial charge in [-0.3, -0.25) is 4.79 Å². The summed E-state index contributed by atoms with van der Waals surface area (Å²) in [7, 11) is 1.52. The molecule has 9 nitrogen and oxygen atoms in total. The lowest BCUT2D eigenvalue weighted by Gasteiger charge is -2.22. The third-order valence-corrected chi connectivity index (χ3v) is 10.1. The van der Waals surface area contributed by atoms with Crippen LogP contribution in [0.15, 0.2) is 11.1 Å². The third-order valence-electron chi connectivity index (χ3n) is 10.1. The number of amides is 1. The quantitative estimate of drug-likeness (QED) is 0.0737. The van der Waals surface area contributed by atoms with E-state index >= 15 is 0 Å². The van der Waals surface area contributed by atoms with Gasteiger partial charge in [-0.15, -0.1) is 5.10 Å². The number of rotatable bonds is 34. The lowest BCUT2D eigenvalue weighted by molar-refractivity contribution is 0.0949. The highest BCUT2D eigenvalue weighted by Crippen LogP contribution is 2.15. The standard InChI is InChI=1S/C40H75N7O2/c1-4-6-8-10-12-14-16-18-20-22-25-29-33-46(34-30-26-23-21-19-17-15-13-11-9-7-5-2)35-31-27-24-28-32-41-39(48)37-38-43-44-45(3)40(49)47(38)36-42-37/h36H,4-35H2,1-3H3,(H,41,48). The molecule has 0 bridgehead atoms. The fourth-order valence-corrected chi connectivity index (χ4v) is 6.83. The second-order valence-corrected chi connectivity index (χ2v) is 14.6. The number of hydrogen-bond donors (Lipinski definition) is 1. The van der Waals surface area contributed by atoms with Gasteiger partial charge in [0, 0.05) is 13.6 Å². The Morgan fingerprint density at radius 2 is 1.00 bits per heavy atom. The number of carbonyl (C=O) groups excluding carboxylic acids is 1. The van der Waals surface area contributed by atoms with E-state index in [4.69, 9.17) is 0 Å². The highest BCUT2D eigenvalue weighted by atomic mass is 16.2. The van der Waals surface area contributed by atoms with Crippen LogP contribution >= 0.6 is 0 Å². The maximum absolute atomic E-state index is 12.6. The van der Waals surface area contributed by atoms with E-state index in [9.17, 15) is 9.59 Å². The van der Waals surface area contributed by atoms with Crippen molar-refractivity contribution in [2.24, 2.45) is 7.05 Å². The molecule has 1 N–H and O–H groups in total. The SMILES string of the molecule is CCCCCCCCCCCCCCN(CCCCCCCCCCCCCC)CCCCCCNC(=O)c1ncn2c(=O)n(C)nnc12. The smallest absolute Gasteiger partial charge is 0.351 e. The van der Waals surface area contributed by atoms with Crippen molar-refractivity contribution in [2.45, 2.75) is 194 Å². The van der Waals surface area contributed by atoms with Crippen molar-refractivity contribution in [3.05, 3.63) is 22.5 Å². The molecular weight excluding hydrogens is 610 g/mol. The molecule has 0 aliphatic rings. The summed E-state index contributed by atoms with van der Waals surface area (Å²) in [5.74, 6) is -0.305. The first kappa shape index (κ1) is 42.9. The lowest BCUT2D eigenvalue weighted by atomic mass is 10.0. The Balaban J connectivity index is 1.58. The monoisotopic (exact) mass is 686 g/mol. The molecule has 49 heavy (non-hydrogen) atoms. The van der Waals surface area contributed by atoms with E-state index in [2.05, 4.69) is 39.4 Å². The van der Waals surface area contributed by atoms with E-state index < -0.39 is 0 Å². The third kappa shape index (κ3) is 20.2. The Bertz CT molecular complexity index is 1100. The molecule has 282 valence electrons. The molecule has 9 heteroatoms. The van der Waals surface area contributed by atoms with E-state index in [-0.39, 0.29) is 22.9 Å². The van der Waals surface area contributed by atoms with Crippen molar-refractivity contribution < 1.29 is 4.79 Å². The molecule has 0 saturated carbocycles. The van der Waals surface area contributed by atoms with Crippen LogP contribution in [0.4, 0.5) is 0 Å². The summed E-state index contributed by atoms with van der Waals surface area (Å²) in [5.41, 5.74) is -0.0262. The van der Waals surface area contributed by atoms with E-state index in [1.807, 2.05) is 0 Å². The van der Waals surface area contributed by atoms with Gasteiger partial charge in [0.25, 0.3) is 5.91 Å². The van der Waals surface area contributed by atoms with Crippen LogP contribution < -0.4 is 11.0 Å². The number of carbonyl (C=O) groups is 1. The number of unbranched alkanes of at least 4 members (excludes halogenated alkanes) is 25. The number of imidazole rings is 1. The normalized spacial score (nSPS) is 11.7. The van der Waals surface area contributed by atoms with Crippen LogP contribution in [0.25, 0.3) is 5.65 Å². The largest absolute Gasteiger partial charge is 0.352 e. The molecule has 0 aliphatic carbocycles. The van der Waals surface area contributed by atoms with Crippen molar-refractivity contribution in [1.82, 2.24) is 34.6 Å². The molecule has 2 heterocycles. The molecule has 0 saturated heterocycles. The molecule has 2 aromatic heterocycles. The van der Waals surface area contributed by atoms with Gasteiger partial charge in [-0.2, -0.15) is 4.68 Å². The first-order valence-electron chi connectivity index (χ1n) is 20.9. The van der Waals surface area contributed by atoms with Gasteiger partial charge in [-0.1, -0.05) is 173 Å². The van der Waals surface area contributed by atoms with Crippen LogP contribution in [-0.4, -0.2) is 61.4 Å². The minimum Gasteiger partial charge on any atom is -0.351 e. The van der Waals surface area contributed by atoms with Crippen LogP contribution in [-0.2, 0) is 7.05 Å². The summed E-state index contributed by atoms with van der Waals surface area (Å²) in [6.45, 7) is 8.86. The van der Waals surface area contributed by atoms with Gasteiger partial charge in [-0.05, 0) is 45.3 Å². The Morgan fingerprint density at radius 1 is 0.612 bits per heavy atom. The fourth-order valence-electron chi connectivity index (χ4n) is 6.83. The van der Waals surface area contributed by atoms with Crippen molar-refractivity contribution >= 4 is 11.6 Å². The zero-order chi connectivity index (χ0) is 35.2. The van der Waals surface area contributed by atoms with Crippen LogP contribution in [0.1, 0.15) is 204 Å². The fraction of sp³-hybridized carbons (Fsp3) is 0.875. The van der Waals surface area contributed by atoms with Crippen LogP contribution in [0, 0.1) is 0 Å². The van der Waals surface area contributed by atoms with Crippen molar-refractivity contribution in [3.8, 4) is 0 Å². The molecule has 0 aromatic carbocycles. The average molecular weight is 686 g/mol. The van der Waals surface area contributed by atoms with Gasteiger partial charge in [0.2, 0.25) is 0 Å². The summed E-state index contributed by atoms with van der Waals surface area (Å²) in [5, 5.41) is 10.7. The predicted molar refractivity (Wildman–Crippen MR) is 205 cm³/mol. The van der Waals surface area contributed by atoms with Gasteiger partial charge >= 0.3 is 5.69 Å². The number of aryl methyl sites for hydroxylation is 1. The Kier molecular flexibility index (Phi) is 25.8. The lowest BCUT2D eigenvalue weighted by Crippen LogP contribution is -2.29. The summed E-state index contributed by atoms with van der Waals surface area (Å²) in [6, 6.07) is 0.